The maximum absolute atomic E-state index is 13.3. The topological polar surface area (TPSA) is 73.3 Å². The number of carbonyl (C=O) groups excluding carboxylic acids is 1. The van der Waals surface area contributed by atoms with E-state index in [-0.39, 0.29) is 11.6 Å². The van der Waals surface area contributed by atoms with Crippen LogP contribution in [0, 0.1) is 5.82 Å². The van der Waals surface area contributed by atoms with Crippen molar-refractivity contribution in [2.75, 3.05) is 5.75 Å². The molecule has 0 aliphatic rings. The van der Waals surface area contributed by atoms with Gasteiger partial charge in [-0.2, -0.15) is 0 Å². The zero-order valence-corrected chi connectivity index (χ0v) is 11.1. The fourth-order valence-electron chi connectivity index (χ4n) is 2.08. The van der Waals surface area contributed by atoms with Crippen LogP contribution < -0.4 is 5.73 Å². The quantitative estimate of drug-likeness (QED) is 0.804. The van der Waals surface area contributed by atoms with Crippen molar-refractivity contribution in [2.24, 2.45) is 5.73 Å². The van der Waals surface area contributed by atoms with Crippen LogP contribution in [-0.4, -0.2) is 15.9 Å². The van der Waals surface area contributed by atoms with Gasteiger partial charge in [0.05, 0.1) is 10.8 Å². The van der Waals surface area contributed by atoms with E-state index in [4.69, 9.17) is 10.2 Å². The normalized spacial score (nSPS) is 12.8. The van der Waals surface area contributed by atoms with Gasteiger partial charge in [-0.3, -0.25) is 9.00 Å². The Balaban J connectivity index is 2.18. The molecule has 20 heavy (non-hydrogen) atoms. The number of hydrogen-bond acceptors (Lipinski definition) is 3. The molecule has 1 atom stereocenters. The van der Waals surface area contributed by atoms with Gasteiger partial charge in [-0.25, -0.2) is 4.39 Å². The number of carbonyl (C=O) groups is 1. The summed E-state index contributed by atoms with van der Waals surface area (Å²) in [6, 6.07) is 9.13. The molecule has 2 N–H and O–H groups in total. The maximum Gasteiger partial charge on any atom is 0.230 e. The molecule has 6 heteroatoms. The fraction of sp³-hybridized carbons (Fsp3) is 0.0714. The Morgan fingerprint density at radius 1 is 1.15 bits per heavy atom. The molecule has 102 valence electrons. The molecule has 2 aromatic carbocycles. The third kappa shape index (κ3) is 2.18. The Morgan fingerprint density at radius 2 is 1.80 bits per heavy atom. The molecule has 0 radical (unpaired) electrons. The first-order chi connectivity index (χ1) is 9.54. The van der Waals surface area contributed by atoms with Gasteiger partial charge in [0.2, 0.25) is 5.91 Å². The lowest BCUT2D eigenvalue weighted by Gasteiger charge is -1.99. The van der Waals surface area contributed by atoms with Crippen LogP contribution in [-0.2, 0) is 15.6 Å². The van der Waals surface area contributed by atoms with Gasteiger partial charge in [-0.15, -0.1) is 0 Å². The van der Waals surface area contributed by atoms with E-state index < -0.39 is 16.7 Å². The van der Waals surface area contributed by atoms with E-state index in [1.54, 1.807) is 24.3 Å². The van der Waals surface area contributed by atoms with Gasteiger partial charge in [0, 0.05) is 15.7 Å². The number of fused-ring (bicyclic) bond motifs is 3. The van der Waals surface area contributed by atoms with Crippen LogP contribution in [0.4, 0.5) is 4.39 Å². The maximum atomic E-state index is 13.3. The van der Waals surface area contributed by atoms with Gasteiger partial charge < -0.3 is 10.2 Å². The summed E-state index contributed by atoms with van der Waals surface area (Å²) in [6.07, 6.45) is 0. The number of nitrogens with two attached hydrogens (primary N) is 1. The number of primary amides is 1. The Labute approximate surface area is 115 Å². The van der Waals surface area contributed by atoms with E-state index in [9.17, 15) is 13.4 Å². The number of furan rings is 1. The molecule has 3 rings (SSSR count). The summed E-state index contributed by atoms with van der Waals surface area (Å²) in [7, 11) is -1.51. The van der Waals surface area contributed by atoms with Gasteiger partial charge in [0.25, 0.3) is 0 Å². The smallest absolute Gasteiger partial charge is 0.230 e. The minimum Gasteiger partial charge on any atom is -0.456 e. The summed E-state index contributed by atoms with van der Waals surface area (Å²) < 4.78 is 30.8. The van der Waals surface area contributed by atoms with E-state index in [1.807, 2.05) is 0 Å². The standard InChI is InChI=1S/C14H10FNO3S/c15-8-1-3-12-10(5-8)11-6-9(2-4-13(11)19-12)20(18)7-14(16)17/h1-6H,7H2,(H2,16,17). The van der Waals surface area contributed by atoms with Gasteiger partial charge in [0.1, 0.15) is 22.7 Å². The van der Waals surface area contributed by atoms with Crippen molar-refractivity contribution in [3.63, 3.8) is 0 Å². The van der Waals surface area contributed by atoms with Crippen LogP contribution in [0.15, 0.2) is 45.7 Å². The summed E-state index contributed by atoms with van der Waals surface area (Å²) in [6.45, 7) is 0. The number of amides is 1. The lowest BCUT2D eigenvalue weighted by Crippen LogP contribution is -2.19. The van der Waals surface area contributed by atoms with Crippen molar-refractivity contribution in [3.05, 3.63) is 42.2 Å². The van der Waals surface area contributed by atoms with E-state index in [2.05, 4.69) is 0 Å². The van der Waals surface area contributed by atoms with Crippen LogP contribution >= 0.6 is 0 Å². The number of hydrogen-bond donors (Lipinski definition) is 1. The van der Waals surface area contributed by atoms with Crippen molar-refractivity contribution >= 4 is 38.6 Å². The Hall–Kier alpha value is -2.21. The van der Waals surface area contributed by atoms with Crippen molar-refractivity contribution in [1.29, 1.82) is 0 Å². The zero-order chi connectivity index (χ0) is 14.3. The van der Waals surface area contributed by atoms with Crippen molar-refractivity contribution < 1.29 is 17.8 Å². The fourth-order valence-corrected chi connectivity index (χ4v) is 2.98. The summed E-state index contributed by atoms with van der Waals surface area (Å²) in [5.74, 6) is -1.24. The monoisotopic (exact) mass is 291 g/mol. The van der Waals surface area contributed by atoms with E-state index in [0.717, 1.165) is 0 Å². The highest BCUT2D eigenvalue weighted by atomic mass is 32.2. The average Bonchev–Trinajstić information content (AvgIpc) is 2.75. The van der Waals surface area contributed by atoms with Crippen molar-refractivity contribution in [2.45, 2.75) is 4.90 Å². The lowest BCUT2D eigenvalue weighted by molar-refractivity contribution is -0.115. The molecule has 1 unspecified atom stereocenters. The highest BCUT2D eigenvalue weighted by Gasteiger charge is 2.12. The number of benzene rings is 2. The lowest BCUT2D eigenvalue weighted by atomic mass is 10.1. The highest BCUT2D eigenvalue weighted by molar-refractivity contribution is 7.85. The molecule has 0 aliphatic carbocycles. The van der Waals surface area contributed by atoms with Crippen molar-refractivity contribution in [1.82, 2.24) is 0 Å². The molecule has 0 aliphatic heterocycles. The van der Waals surface area contributed by atoms with Gasteiger partial charge in [-0.05, 0) is 36.4 Å². The molecular weight excluding hydrogens is 281 g/mol. The molecular formula is C14H10FNO3S. The summed E-state index contributed by atoms with van der Waals surface area (Å²) in [4.78, 5) is 11.3. The molecule has 1 heterocycles. The van der Waals surface area contributed by atoms with Crippen LogP contribution in [0.3, 0.4) is 0 Å². The Kier molecular flexibility index (Phi) is 3.02. The minimum atomic E-state index is -1.51. The first-order valence-electron chi connectivity index (χ1n) is 5.83. The molecule has 0 spiro atoms. The summed E-state index contributed by atoms with van der Waals surface area (Å²) in [5, 5.41) is 1.27. The Morgan fingerprint density at radius 3 is 2.50 bits per heavy atom. The molecule has 0 bridgehead atoms. The molecule has 0 fully saturated rings. The van der Waals surface area contributed by atoms with Gasteiger partial charge >= 0.3 is 0 Å². The van der Waals surface area contributed by atoms with Crippen LogP contribution in [0.25, 0.3) is 21.9 Å². The molecule has 1 aromatic heterocycles. The third-order valence-electron chi connectivity index (χ3n) is 2.94. The minimum absolute atomic E-state index is 0.240. The molecule has 0 saturated heterocycles. The predicted octanol–water partition coefficient (Wildman–Crippen LogP) is 2.32. The highest BCUT2D eigenvalue weighted by Crippen LogP contribution is 2.30. The largest absolute Gasteiger partial charge is 0.456 e. The first kappa shape index (κ1) is 12.8. The van der Waals surface area contributed by atoms with Crippen LogP contribution in [0.5, 0.6) is 0 Å². The molecule has 0 saturated carbocycles. The number of halogens is 1. The molecule has 3 aromatic rings. The van der Waals surface area contributed by atoms with Gasteiger partial charge in [-0.1, -0.05) is 0 Å². The Bertz CT molecular complexity index is 856. The second-order valence-corrected chi connectivity index (χ2v) is 5.81. The SMILES string of the molecule is NC(=O)CS(=O)c1ccc2oc3ccc(F)cc3c2c1. The van der Waals surface area contributed by atoms with Crippen LogP contribution in [0.1, 0.15) is 0 Å². The van der Waals surface area contributed by atoms with Crippen LogP contribution in [0.2, 0.25) is 0 Å². The number of rotatable bonds is 3. The van der Waals surface area contributed by atoms with Gasteiger partial charge in [0.15, 0.2) is 0 Å². The molecule has 1 amide bonds. The second-order valence-electron chi connectivity index (χ2n) is 4.36. The average molecular weight is 291 g/mol. The molecule has 4 nitrogen and oxygen atoms in total. The summed E-state index contributed by atoms with van der Waals surface area (Å²) in [5.41, 5.74) is 6.16. The zero-order valence-electron chi connectivity index (χ0n) is 10.3. The second kappa shape index (κ2) is 4.72. The first-order valence-corrected chi connectivity index (χ1v) is 7.15. The van der Waals surface area contributed by atoms with E-state index in [1.165, 1.54) is 12.1 Å². The third-order valence-corrected chi connectivity index (χ3v) is 4.27. The van der Waals surface area contributed by atoms with E-state index in [0.29, 0.717) is 26.8 Å². The van der Waals surface area contributed by atoms with E-state index >= 15 is 0 Å². The predicted molar refractivity (Wildman–Crippen MR) is 74.1 cm³/mol. The summed E-state index contributed by atoms with van der Waals surface area (Å²) >= 11 is 0. The van der Waals surface area contributed by atoms with Crippen molar-refractivity contribution in [3.8, 4) is 0 Å².